The third-order valence-corrected chi connectivity index (χ3v) is 16.6. The van der Waals surface area contributed by atoms with Crippen LogP contribution in [0.2, 0.25) is 0 Å². The first-order valence-electron chi connectivity index (χ1n) is 25.9. The van der Waals surface area contributed by atoms with Gasteiger partial charge in [0.1, 0.15) is 22.8 Å². The third-order valence-electron chi connectivity index (χ3n) is 15.7. The van der Waals surface area contributed by atoms with Crippen LogP contribution in [-0.4, -0.2) is 103 Å². The lowest BCUT2D eigenvalue weighted by molar-refractivity contribution is -0.139. The summed E-state index contributed by atoms with van der Waals surface area (Å²) in [7, 11) is 1.90. The Kier molecular flexibility index (Phi) is 14.0. The van der Waals surface area contributed by atoms with E-state index in [1.54, 1.807) is 11.1 Å². The maximum absolute atomic E-state index is 15.2. The number of nitrogens with zero attached hydrogens (tertiary/aromatic N) is 8. The highest BCUT2D eigenvalue weighted by molar-refractivity contribution is 7.22. The number of hydrogen-bond acceptors (Lipinski definition) is 13. The van der Waals surface area contributed by atoms with Crippen LogP contribution in [0.25, 0.3) is 32.2 Å². The van der Waals surface area contributed by atoms with E-state index in [1.807, 2.05) is 54.2 Å². The number of hydrogen-bond donors (Lipinski definition) is 3. The number of carbonyl (C=O) groups is 4. The number of alkyl halides is 3. The number of fused-ring (bicyclic) bond motifs is 3. The van der Waals surface area contributed by atoms with E-state index >= 15 is 13.2 Å². The molecule has 1 unspecified atom stereocenters. The number of carbonyl (C=O) groups excluding carboxylic acids is 3. The smallest absolute Gasteiger partial charge is 0.420 e. The molecule has 7 heterocycles. The van der Waals surface area contributed by atoms with Gasteiger partial charge in [-0.25, -0.2) is 14.8 Å². The van der Waals surface area contributed by atoms with Crippen molar-refractivity contribution in [3.05, 3.63) is 119 Å². The van der Waals surface area contributed by atoms with Gasteiger partial charge in [0.15, 0.2) is 10.8 Å². The number of rotatable bonds is 13. The summed E-state index contributed by atoms with van der Waals surface area (Å²) in [6.45, 7) is 6.26. The zero-order valence-corrected chi connectivity index (χ0v) is 42.9. The van der Waals surface area contributed by atoms with E-state index in [0.29, 0.717) is 67.0 Å². The van der Waals surface area contributed by atoms with Gasteiger partial charge in [-0.15, -0.1) is 0 Å². The Labute approximate surface area is 440 Å². The van der Waals surface area contributed by atoms with Crippen LogP contribution < -0.4 is 25.2 Å². The Morgan fingerprint density at radius 2 is 1.66 bits per heavy atom. The highest BCUT2D eigenvalue weighted by Crippen LogP contribution is 2.46. The predicted octanol–water partition coefficient (Wildman–Crippen LogP) is 9.62. The maximum Gasteiger partial charge on any atom is 0.420 e. The number of imide groups is 1. The molecule has 1 saturated carbocycles. The zero-order valence-electron chi connectivity index (χ0n) is 42.1. The van der Waals surface area contributed by atoms with Crippen molar-refractivity contribution >= 4 is 72.8 Å². The molecular formula is C56H57F3N10O6S. The molecule has 7 aromatic rings. The van der Waals surface area contributed by atoms with Crippen molar-refractivity contribution in [2.45, 2.75) is 95.5 Å². The number of aromatic nitrogens is 5. The van der Waals surface area contributed by atoms with E-state index in [9.17, 15) is 24.3 Å². The lowest BCUT2D eigenvalue weighted by Gasteiger charge is -2.40. The second kappa shape index (κ2) is 20.9. The number of pyridine rings is 2. The van der Waals surface area contributed by atoms with E-state index in [0.717, 1.165) is 84.2 Å². The van der Waals surface area contributed by atoms with Crippen LogP contribution in [0, 0.1) is 5.92 Å². The zero-order chi connectivity index (χ0) is 52.8. The number of nitrogens with one attached hydrogen (secondary N) is 2. The maximum atomic E-state index is 15.2. The van der Waals surface area contributed by atoms with Gasteiger partial charge in [-0.05, 0) is 112 Å². The fourth-order valence-electron chi connectivity index (χ4n) is 11.7. The van der Waals surface area contributed by atoms with Gasteiger partial charge in [-0.3, -0.25) is 39.6 Å². The fourth-order valence-corrected chi connectivity index (χ4v) is 12.5. The predicted molar refractivity (Wildman–Crippen MR) is 283 cm³/mol. The van der Waals surface area contributed by atoms with Gasteiger partial charge in [0.2, 0.25) is 11.8 Å². The number of anilines is 3. The Hall–Kier alpha value is -7.45. The van der Waals surface area contributed by atoms with Crippen molar-refractivity contribution in [1.29, 1.82) is 0 Å². The number of thiazole rings is 1. The van der Waals surface area contributed by atoms with Gasteiger partial charge in [-0.2, -0.15) is 18.3 Å². The number of carboxylic acid groups (broad SMARTS) is 1. The summed E-state index contributed by atoms with van der Waals surface area (Å²) in [4.78, 5) is 71.1. The van der Waals surface area contributed by atoms with Crippen LogP contribution in [0.4, 0.5) is 29.8 Å². The molecule has 3 amide bonds. The average molecular weight is 1060 g/mol. The average Bonchev–Trinajstić information content (AvgIpc) is 4.03. The molecule has 1 aliphatic carbocycles. The molecule has 0 spiro atoms. The van der Waals surface area contributed by atoms with Crippen molar-refractivity contribution in [3.8, 4) is 16.9 Å². The molecule has 3 aliphatic heterocycles. The first-order valence-corrected chi connectivity index (χ1v) is 26.8. The van der Waals surface area contributed by atoms with Gasteiger partial charge in [0.05, 0.1) is 39.1 Å². The van der Waals surface area contributed by atoms with Crippen molar-refractivity contribution in [1.82, 2.24) is 34.9 Å². The Morgan fingerprint density at radius 3 is 2.42 bits per heavy atom. The number of ether oxygens (including phenoxy) is 1. The first kappa shape index (κ1) is 50.7. The quantitative estimate of drug-likeness (QED) is 0.0928. The summed E-state index contributed by atoms with van der Waals surface area (Å²) in [5, 5.41) is 21.9. The summed E-state index contributed by atoms with van der Waals surface area (Å²) in [6, 6.07) is 22.7. The van der Waals surface area contributed by atoms with Crippen LogP contribution in [0.5, 0.6) is 5.75 Å². The molecule has 76 heavy (non-hydrogen) atoms. The van der Waals surface area contributed by atoms with Gasteiger partial charge in [-0.1, -0.05) is 47.7 Å². The minimum absolute atomic E-state index is 0.165. The van der Waals surface area contributed by atoms with Gasteiger partial charge in [0, 0.05) is 87.1 Å². The molecule has 4 aromatic heterocycles. The van der Waals surface area contributed by atoms with Crippen molar-refractivity contribution in [3.63, 3.8) is 0 Å². The molecule has 0 bridgehead atoms. The number of piperidine rings is 1. The highest BCUT2D eigenvalue weighted by atomic mass is 32.1. The number of piperazine rings is 1. The Balaban J connectivity index is 0.710. The minimum atomic E-state index is -4.88. The van der Waals surface area contributed by atoms with E-state index in [2.05, 4.69) is 48.4 Å². The van der Waals surface area contributed by atoms with Gasteiger partial charge in [0.25, 0.3) is 5.91 Å². The summed E-state index contributed by atoms with van der Waals surface area (Å²) >= 11 is 1.34. The van der Waals surface area contributed by atoms with E-state index < -0.39 is 41.3 Å². The topological polar surface area (TPSA) is 188 Å². The van der Waals surface area contributed by atoms with Crippen molar-refractivity contribution in [2.75, 3.05) is 47.8 Å². The van der Waals surface area contributed by atoms with Crippen LogP contribution >= 0.6 is 11.3 Å². The second-order valence-corrected chi connectivity index (χ2v) is 21.4. The monoisotopic (exact) mass is 1050 g/mol. The van der Waals surface area contributed by atoms with E-state index in [1.165, 1.54) is 41.7 Å². The molecule has 16 nitrogen and oxygen atoms in total. The van der Waals surface area contributed by atoms with Crippen LogP contribution in [0.15, 0.2) is 85.1 Å². The molecule has 394 valence electrons. The third kappa shape index (κ3) is 10.2. The molecule has 4 aliphatic rings. The second-order valence-electron chi connectivity index (χ2n) is 20.4. The summed E-state index contributed by atoms with van der Waals surface area (Å²) in [6.07, 6.45) is 2.31. The van der Waals surface area contributed by atoms with E-state index in [4.69, 9.17) is 9.84 Å². The summed E-state index contributed by atoms with van der Waals surface area (Å²) in [5.74, 6) is -2.64. The number of aromatic carboxylic acids is 1. The lowest BCUT2D eigenvalue weighted by Crippen LogP contribution is -2.49. The number of para-hydroxylation sites is 2. The Morgan fingerprint density at radius 1 is 0.868 bits per heavy atom. The van der Waals surface area contributed by atoms with Gasteiger partial charge < -0.3 is 19.6 Å². The molecule has 3 N–H and O–H groups in total. The summed E-state index contributed by atoms with van der Waals surface area (Å²) < 4.78 is 54.6. The first-order chi connectivity index (χ1) is 36.7. The number of carboxylic acids is 1. The highest BCUT2D eigenvalue weighted by Gasteiger charge is 2.40. The van der Waals surface area contributed by atoms with Crippen LogP contribution in [0.1, 0.15) is 108 Å². The largest absolute Gasteiger partial charge is 0.490 e. The van der Waals surface area contributed by atoms with E-state index in [-0.39, 0.29) is 46.7 Å². The normalized spacial score (nSPS) is 19.9. The van der Waals surface area contributed by atoms with Gasteiger partial charge >= 0.3 is 12.1 Å². The fraction of sp³-hybridized carbons (Fsp3) is 0.393. The molecule has 2 atom stereocenters. The molecule has 3 fully saturated rings. The molecule has 3 aromatic carbocycles. The molecule has 2 saturated heterocycles. The molecule has 20 heteroatoms. The minimum Gasteiger partial charge on any atom is -0.490 e. The SMILES string of the molecule is C[C@@H](CCC1CCC(Oc2cccc(-c3ccc(N4CCc5ccnc(C(=O)Nc6nc7ccccc7s6)c5C4)nc3C(=O)O)c2C(F)(F)F)CC1)N1CCN(c2cccc3c(C4CCC(=O)NC4=O)nn(C)c23)CC1. The number of benzene rings is 3. The number of aryl methyl sites for hydroxylation is 1. The number of amides is 3. The van der Waals surface area contributed by atoms with Crippen LogP contribution in [-0.2, 0) is 35.8 Å². The van der Waals surface area contributed by atoms with Crippen molar-refractivity contribution < 1.29 is 42.2 Å². The Bertz CT molecular complexity index is 3350. The molecular weight excluding hydrogens is 998 g/mol. The lowest BCUT2D eigenvalue weighted by atomic mass is 9.83. The number of halogens is 3. The van der Waals surface area contributed by atoms with Crippen LogP contribution in [0.3, 0.4) is 0 Å². The standard InChI is InChI=1S/C56H57F3N10O6S/c1-32(67-27-29-68(30-28-67)42-10-5-8-38-48(65-66(2)51(38)42)39-20-22-46(70)63-52(39)71)13-14-33-15-17-35(18-16-33)75-43-11-6-7-36(47(43)56(57,58)59)37-19-21-45(62-50(37)54(73)74)69-26-24-34-23-25-60-49(40(34)31-69)53(72)64-55-61-41-9-3-4-12-44(41)76-55/h3-12,19,21,23,25,32-33,35,39H,13-18,20,22,24,26-31H2,1-2H3,(H,73,74)(H,61,64,72)(H,63,70,71)/t32-,33?,35?,39?/m0/s1. The molecule has 11 rings (SSSR count). The van der Waals surface area contributed by atoms with Crippen molar-refractivity contribution in [2.24, 2.45) is 13.0 Å². The molecule has 0 radical (unpaired) electrons. The summed E-state index contributed by atoms with van der Waals surface area (Å²) in [5.41, 5.74) is 3.13.